The van der Waals surface area contributed by atoms with Crippen LogP contribution in [0.2, 0.25) is 0 Å². The molecule has 3 rings (SSSR count). The van der Waals surface area contributed by atoms with E-state index in [9.17, 15) is 4.79 Å². The molecule has 0 N–H and O–H groups in total. The minimum absolute atomic E-state index is 0.0122. The van der Waals surface area contributed by atoms with Gasteiger partial charge in [-0.25, -0.2) is 0 Å². The molecule has 0 spiro atoms. The van der Waals surface area contributed by atoms with Gasteiger partial charge in [-0.05, 0) is 51.0 Å². The van der Waals surface area contributed by atoms with Gasteiger partial charge >= 0.3 is 0 Å². The molecule has 2 heterocycles. The normalized spacial score (nSPS) is 21.9. The molecular weight excluding hydrogens is 238 g/mol. The van der Waals surface area contributed by atoms with Crippen LogP contribution in [0.15, 0.2) is 30.5 Å². The third-order valence-electron chi connectivity index (χ3n) is 3.89. The zero-order valence-corrected chi connectivity index (χ0v) is 11.4. The Bertz CT molecular complexity index is 612. The molecule has 1 saturated heterocycles. The zero-order chi connectivity index (χ0) is 13.5. The molecule has 1 atom stereocenters. The van der Waals surface area contributed by atoms with E-state index in [4.69, 9.17) is 4.74 Å². The monoisotopic (exact) mass is 257 g/mol. The highest BCUT2D eigenvalue weighted by Crippen LogP contribution is 2.31. The van der Waals surface area contributed by atoms with Gasteiger partial charge in [0, 0.05) is 29.2 Å². The van der Waals surface area contributed by atoms with E-state index < -0.39 is 0 Å². The van der Waals surface area contributed by atoms with Crippen LogP contribution in [-0.4, -0.2) is 22.6 Å². The van der Waals surface area contributed by atoms with Gasteiger partial charge in [0.2, 0.25) is 0 Å². The Labute approximate surface area is 113 Å². The first-order valence-electron chi connectivity index (χ1n) is 6.79. The molecule has 0 bridgehead atoms. The summed E-state index contributed by atoms with van der Waals surface area (Å²) in [4.78, 5) is 10.8. The molecule has 19 heavy (non-hydrogen) atoms. The Kier molecular flexibility index (Phi) is 2.94. The molecule has 3 heteroatoms. The number of hydrogen-bond acceptors (Lipinski definition) is 2. The number of nitrogens with zero attached hydrogens (tertiary/aromatic N) is 1. The number of carbonyl (C=O) groups is 1. The number of hydrogen-bond donors (Lipinski definition) is 0. The molecule has 1 aliphatic heterocycles. The summed E-state index contributed by atoms with van der Waals surface area (Å²) in [5.41, 5.74) is 1.90. The standard InChI is InChI=1S/C16H19NO2/c1-16(2)7-5-14(19-16)10-17-8-6-13-9-12(11-18)3-4-15(13)17/h3-4,6,8-9,11,14H,5,7,10H2,1-2H3. The quantitative estimate of drug-likeness (QED) is 0.789. The van der Waals surface area contributed by atoms with Gasteiger partial charge in [-0.2, -0.15) is 0 Å². The van der Waals surface area contributed by atoms with Crippen molar-refractivity contribution < 1.29 is 9.53 Å². The highest BCUT2D eigenvalue weighted by atomic mass is 16.5. The zero-order valence-electron chi connectivity index (χ0n) is 11.4. The number of carbonyl (C=O) groups excluding carboxylic acids is 1. The van der Waals surface area contributed by atoms with Gasteiger partial charge in [0.15, 0.2) is 0 Å². The van der Waals surface area contributed by atoms with E-state index in [2.05, 4.69) is 30.7 Å². The minimum Gasteiger partial charge on any atom is -0.370 e. The van der Waals surface area contributed by atoms with Crippen molar-refractivity contribution in [1.82, 2.24) is 4.57 Å². The van der Waals surface area contributed by atoms with Gasteiger partial charge in [-0.3, -0.25) is 4.79 Å². The number of benzene rings is 1. The first kappa shape index (κ1) is 12.4. The van der Waals surface area contributed by atoms with Crippen LogP contribution in [0.5, 0.6) is 0 Å². The molecule has 100 valence electrons. The fourth-order valence-electron chi connectivity index (χ4n) is 2.88. The largest absolute Gasteiger partial charge is 0.370 e. The van der Waals surface area contributed by atoms with Gasteiger partial charge in [-0.1, -0.05) is 0 Å². The molecule has 0 amide bonds. The summed E-state index contributed by atoms with van der Waals surface area (Å²) in [5.74, 6) is 0. The lowest BCUT2D eigenvalue weighted by atomic mass is 10.1. The Balaban J connectivity index is 1.84. The number of aldehydes is 1. The Hall–Kier alpha value is -1.61. The maximum Gasteiger partial charge on any atom is 0.150 e. The van der Waals surface area contributed by atoms with Crippen molar-refractivity contribution in [3.05, 3.63) is 36.0 Å². The summed E-state index contributed by atoms with van der Waals surface area (Å²) in [7, 11) is 0. The van der Waals surface area contributed by atoms with Gasteiger partial charge in [0.25, 0.3) is 0 Å². The molecule has 0 saturated carbocycles. The van der Waals surface area contributed by atoms with Crippen LogP contribution < -0.4 is 0 Å². The van der Waals surface area contributed by atoms with Crippen molar-refractivity contribution in [3.8, 4) is 0 Å². The van der Waals surface area contributed by atoms with Crippen molar-refractivity contribution in [2.45, 2.75) is 44.9 Å². The molecule has 1 aliphatic rings. The lowest BCUT2D eigenvalue weighted by Crippen LogP contribution is -2.22. The Morgan fingerprint density at radius 3 is 2.95 bits per heavy atom. The predicted molar refractivity (Wildman–Crippen MR) is 75.5 cm³/mol. The molecule has 1 aromatic carbocycles. The number of aromatic nitrogens is 1. The van der Waals surface area contributed by atoms with Crippen molar-refractivity contribution in [3.63, 3.8) is 0 Å². The number of fused-ring (bicyclic) bond motifs is 1. The molecule has 3 nitrogen and oxygen atoms in total. The van der Waals surface area contributed by atoms with Crippen LogP contribution in [0, 0.1) is 0 Å². The highest BCUT2D eigenvalue weighted by Gasteiger charge is 2.31. The van der Waals surface area contributed by atoms with Gasteiger partial charge in [0.05, 0.1) is 11.7 Å². The van der Waals surface area contributed by atoms with Crippen LogP contribution in [0.25, 0.3) is 10.9 Å². The lowest BCUT2D eigenvalue weighted by molar-refractivity contribution is -0.0212. The average molecular weight is 257 g/mol. The average Bonchev–Trinajstić information content (AvgIpc) is 2.93. The van der Waals surface area contributed by atoms with Crippen LogP contribution in [-0.2, 0) is 11.3 Å². The van der Waals surface area contributed by atoms with Gasteiger partial charge in [0.1, 0.15) is 6.29 Å². The van der Waals surface area contributed by atoms with E-state index in [1.165, 1.54) is 5.52 Å². The molecule has 1 unspecified atom stereocenters. The van der Waals surface area contributed by atoms with Crippen LogP contribution in [0.1, 0.15) is 37.0 Å². The van der Waals surface area contributed by atoms with Crippen LogP contribution in [0.4, 0.5) is 0 Å². The number of ether oxygens (including phenoxy) is 1. The molecule has 1 fully saturated rings. The van der Waals surface area contributed by atoms with Crippen molar-refractivity contribution in [2.75, 3.05) is 0 Å². The van der Waals surface area contributed by atoms with E-state index in [-0.39, 0.29) is 11.7 Å². The molecule has 0 aliphatic carbocycles. The van der Waals surface area contributed by atoms with Gasteiger partial charge < -0.3 is 9.30 Å². The first-order valence-corrected chi connectivity index (χ1v) is 6.79. The van der Waals surface area contributed by atoms with Crippen molar-refractivity contribution >= 4 is 17.2 Å². The first-order chi connectivity index (χ1) is 9.07. The van der Waals surface area contributed by atoms with E-state index in [1.54, 1.807) is 0 Å². The summed E-state index contributed by atoms with van der Waals surface area (Å²) < 4.78 is 8.26. The number of rotatable bonds is 3. The summed E-state index contributed by atoms with van der Waals surface area (Å²) in [5, 5.41) is 1.11. The molecule has 0 radical (unpaired) electrons. The second-order valence-electron chi connectivity index (χ2n) is 5.94. The molecule has 2 aromatic rings. The second kappa shape index (κ2) is 4.49. The Morgan fingerprint density at radius 1 is 1.42 bits per heavy atom. The van der Waals surface area contributed by atoms with Crippen LogP contribution >= 0.6 is 0 Å². The van der Waals surface area contributed by atoms with Crippen LogP contribution in [0.3, 0.4) is 0 Å². The van der Waals surface area contributed by atoms with E-state index >= 15 is 0 Å². The summed E-state index contributed by atoms with van der Waals surface area (Å²) in [6.45, 7) is 5.18. The molecule has 1 aromatic heterocycles. The summed E-state index contributed by atoms with van der Waals surface area (Å²) in [6.07, 6.45) is 5.48. The smallest absolute Gasteiger partial charge is 0.150 e. The topological polar surface area (TPSA) is 31.2 Å². The van der Waals surface area contributed by atoms with Crippen molar-refractivity contribution in [1.29, 1.82) is 0 Å². The maximum absolute atomic E-state index is 10.8. The summed E-state index contributed by atoms with van der Waals surface area (Å²) >= 11 is 0. The lowest BCUT2D eigenvalue weighted by Gasteiger charge is -2.19. The Morgan fingerprint density at radius 2 is 2.26 bits per heavy atom. The second-order valence-corrected chi connectivity index (χ2v) is 5.94. The highest BCUT2D eigenvalue weighted by molar-refractivity contribution is 5.87. The fraction of sp³-hybridized carbons (Fsp3) is 0.438. The summed E-state index contributed by atoms with van der Waals surface area (Å²) in [6, 6.07) is 7.87. The molecular formula is C16H19NO2. The van der Waals surface area contributed by atoms with Gasteiger partial charge in [-0.15, -0.1) is 0 Å². The van der Waals surface area contributed by atoms with E-state index in [1.807, 2.05) is 18.2 Å². The predicted octanol–water partition coefficient (Wildman–Crippen LogP) is 3.41. The minimum atomic E-state index is 0.0122. The van der Waals surface area contributed by atoms with E-state index in [0.717, 1.165) is 36.6 Å². The maximum atomic E-state index is 10.8. The third-order valence-corrected chi connectivity index (χ3v) is 3.89. The van der Waals surface area contributed by atoms with Crippen molar-refractivity contribution in [2.24, 2.45) is 0 Å². The third kappa shape index (κ3) is 2.43. The van der Waals surface area contributed by atoms with E-state index in [0.29, 0.717) is 0 Å². The SMILES string of the molecule is CC1(C)CCC(Cn2ccc3cc(C=O)ccc32)O1. The fourth-order valence-corrected chi connectivity index (χ4v) is 2.88.